The molecule has 4 N–H and O–H groups in total. The van der Waals surface area contributed by atoms with Crippen molar-refractivity contribution < 1.29 is 9.47 Å². The van der Waals surface area contributed by atoms with Crippen molar-refractivity contribution >= 4 is 23.5 Å². The molecule has 1 aromatic heterocycles. The van der Waals surface area contributed by atoms with Crippen molar-refractivity contribution in [1.82, 2.24) is 15.0 Å². The summed E-state index contributed by atoms with van der Waals surface area (Å²) in [5, 5.41) is 6.25. The van der Waals surface area contributed by atoms with Gasteiger partial charge in [-0.2, -0.15) is 15.0 Å². The molecule has 1 rings (SSSR count). The average molecular weight is 319 g/mol. The molecular weight excluding hydrogens is 296 g/mol. The van der Waals surface area contributed by atoms with E-state index in [0.717, 1.165) is 0 Å². The summed E-state index contributed by atoms with van der Waals surface area (Å²) >= 11 is 5.84. The molecule has 0 bridgehead atoms. The summed E-state index contributed by atoms with van der Waals surface area (Å²) in [7, 11) is 0. The van der Waals surface area contributed by atoms with Crippen LogP contribution in [-0.4, -0.2) is 60.5 Å². The fraction of sp³-hybridized carbons (Fsp3) is 0.750. The van der Waals surface area contributed by atoms with E-state index in [2.05, 4.69) is 25.6 Å². The quantitative estimate of drug-likeness (QED) is 0.513. The van der Waals surface area contributed by atoms with Crippen molar-refractivity contribution in [1.29, 1.82) is 0 Å². The minimum absolute atomic E-state index is 0.145. The summed E-state index contributed by atoms with van der Waals surface area (Å²) in [6.07, 6.45) is 0. The van der Waals surface area contributed by atoms with Gasteiger partial charge in [-0.05, 0) is 25.4 Å². The minimum atomic E-state index is 0.145. The Balaban J connectivity index is 2.24. The molecule has 0 fully saturated rings. The van der Waals surface area contributed by atoms with Gasteiger partial charge in [0.15, 0.2) is 0 Å². The molecule has 0 amide bonds. The standard InChI is InChI=1S/C12H23ClN6O2/c1-9(2)16-12-18-10(13)17-11(19-12)15-4-6-21-8-7-20-5-3-14/h9H,3-8,14H2,1-2H3,(H2,15,16,17,18,19). The number of halogens is 1. The number of nitrogens with one attached hydrogen (secondary N) is 2. The fourth-order valence-corrected chi connectivity index (χ4v) is 1.55. The van der Waals surface area contributed by atoms with Crippen LogP contribution in [0.25, 0.3) is 0 Å². The molecule has 0 radical (unpaired) electrons. The summed E-state index contributed by atoms with van der Waals surface area (Å²) in [6, 6.07) is 0.216. The van der Waals surface area contributed by atoms with Gasteiger partial charge < -0.3 is 25.8 Å². The number of ether oxygens (including phenoxy) is 2. The zero-order valence-electron chi connectivity index (χ0n) is 12.4. The zero-order valence-corrected chi connectivity index (χ0v) is 13.2. The Morgan fingerprint density at radius 3 is 2.38 bits per heavy atom. The topological polar surface area (TPSA) is 107 Å². The maximum atomic E-state index is 5.84. The zero-order chi connectivity index (χ0) is 15.5. The van der Waals surface area contributed by atoms with E-state index in [1.165, 1.54) is 0 Å². The Hall–Kier alpha value is -1.22. The third-order valence-electron chi connectivity index (χ3n) is 2.19. The first-order valence-electron chi connectivity index (χ1n) is 6.89. The van der Waals surface area contributed by atoms with E-state index in [0.29, 0.717) is 51.4 Å². The number of hydrogen-bond acceptors (Lipinski definition) is 8. The normalized spacial score (nSPS) is 10.9. The second-order valence-electron chi connectivity index (χ2n) is 4.49. The van der Waals surface area contributed by atoms with Crippen LogP contribution >= 0.6 is 11.6 Å². The molecule has 9 heteroatoms. The first kappa shape index (κ1) is 17.8. The number of anilines is 2. The Morgan fingerprint density at radius 1 is 1.05 bits per heavy atom. The molecule has 0 aliphatic rings. The van der Waals surface area contributed by atoms with Gasteiger partial charge in [-0.25, -0.2) is 0 Å². The molecule has 0 aromatic carbocycles. The maximum absolute atomic E-state index is 5.84. The number of aromatic nitrogens is 3. The van der Waals surface area contributed by atoms with Gasteiger partial charge in [-0.3, -0.25) is 0 Å². The molecular formula is C12H23ClN6O2. The predicted molar refractivity (Wildman–Crippen MR) is 82.8 cm³/mol. The van der Waals surface area contributed by atoms with E-state index >= 15 is 0 Å². The van der Waals surface area contributed by atoms with E-state index in [4.69, 9.17) is 26.8 Å². The van der Waals surface area contributed by atoms with E-state index < -0.39 is 0 Å². The monoisotopic (exact) mass is 318 g/mol. The third-order valence-corrected chi connectivity index (χ3v) is 2.36. The predicted octanol–water partition coefficient (Wildman–Crippen LogP) is 0.749. The highest BCUT2D eigenvalue weighted by atomic mass is 35.5. The van der Waals surface area contributed by atoms with Gasteiger partial charge in [0, 0.05) is 19.1 Å². The van der Waals surface area contributed by atoms with Crippen molar-refractivity contribution in [3.8, 4) is 0 Å². The van der Waals surface area contributed by atoms with Crippen LogP contribution in [0.4, 0.5) is 11.9 Å². The Labute approximate surface area is 129 Å². The van der Waals surface area contributed by atoms with Crippen molar-refractivity contribution in [2.24, 2.45) is 5.73 Å². The van der Waals surface area contributed by atoms with Gasteiger partial charge >= 0.3 is 0 Å². The molecule has 0 spiro atoms. The van der Waals surface area contributed by atoms with Gasteiger partial charge in [-0.1, -0.05) is 0 Å². The third kappa shape index (κ3) is 8.61. The van der Waals surface area contributed by atoms with Gasteiger partial charge in [0.25, 0.3) is 0 Å². The molecule has 0 unspecified atom stereocenters. The van der Waals surface area contributed by atoms with Crippen molar-refractivity contribution in [2.75, 3.05) is 50.2 Å². The van der Waals surface area contributed by atoms with Crippen LogP contribution in [0.15, 0.2) is 0 Å². The van der Waals surface area contributed by atoms with Gasteiger partial charge in [0.2, 0.25) is 17.2 Å². The molecule has 120 valence electrons. The molecule has 0 aliphatic carbocycles. The van der Waals surface area contributed by atoms with E-state index in [1.807, 2.05) is 13.8 Å². The summed E-state index contributed by atoms with van der Waals surface area (Å²) in [5.41, 5.74) is 5.30. The van der Waals surface area contributed by atoms with Crippen LogP contribution in [0.2, 0.25) is 5.28 Å². The SMILES string of the molecule is CC(C)Nc1nc(Cl)nc(NCCOCCOCCN)n1. The minimum Gasteiger partial charge on any atom is -0.378 e. The first-order chi connectivity index (χ1) is 10.1. The molecule has 0 saturated heterocycles. The smallest absolute Gasteiger partial charge is 0.228 e. The molecule has 1 aromatic rings. The highest BCUT2D eigenvalue weighted by Crippen LogP contribution is 2.09. The Kier molecular flexibility index (Phi) is 8.91. The van der Waals surface area contributed by atoms with Crippen molar-refractivity contribution in [3.05, 3.63) is 5.28 Å². The lowest BCUT2D eigenvalue weighted by atomic mass is 10.4. The molecule has 0 atom stereocenters. The van der Waals surface area contributed by atoms with Crippen molar-refractivity contribution in [2.45, 2.75) is 19.9 Å². The van der Waals surface area contributed by atoms with Crippen LogP contribution < -0.4 is 16.4 Å². The lowest BCUT2D eigenvalue weighted by Gasteiger charge is -2.10. The van der Waals surface area contributed by atoms with Gasteiger partial charge in [-0.15, -0.1) is 0 Å². The van der Waals surface area contributed by atoms with Crippen LogP contribution in [0.3, 0.4) is 0 Å². The summed E-state index contributed by atoms with van der Waals surface area (Å²) < 4.78 is 10.6. The second-order valence-corrected chi connectivity index (χ2v) is 4.83. The van der Waals surface area contributed by atoms with Crippen LogP contribution in [-0.2, 0) is 9.47 Å². The highest BCUT2D eigenvalue weighted by Gasteiger charge is 2.05. The number of nitrogens with zero attached hydrogens (tertiary/aromatic N) is 3. The molecule has 8 nitrogen and oxygen atoms in total. The van der Waals surface area contributed by atoms with E-state index in [9.17, 15) is 0 Å². The molecule has 0 aliphatic heterocycles. The number of rotatable bonds is 11. The first-order valence-corrected chi connectivity index (χ1v) is 7.27. The summed E-state index contributed by atoms with van der Waals surface area (Å²) in [4.78, 5) is 12.2. The van der Waals surface area contributed by atoms with Gasteiger partial charge in [0.05, 0.1) is 26.4 Å². The summed E-state index contributed by atoms with van der Waals surface area (Å²) in [5.74, 6) is 0.865. The van der Waals surface area contributed by atoms with Gasteiger partial charge in [0.1, 0.15) is 0 Å². The number of hydrogen-bond donors (Lipinski definition) is 3. The lowest BCUT2D eigenvalue weighted by Crippen LogP contribution is -2.17. The average Bonchev–Trinajstić information content (AvgIpc) is 2.40. The number of nitrogens with two attached hydrogens (primary N) is 1. The lowest BCUT2D eigenvalue weighted by molar-refractivity contribution is 0.0547. The molecule has 21 heavy (non-hydrogen) atoms. The van der Waals surface area contributed by atoms with E-state index in [1.54, 1.807) is 0 Å². The van der Waals surface area contributed by atoms with Crippen LogP contribution in [0.5, 0.6) is 0 Å². The molecule has 1 heterocycles. The Morgan fingerprint density at radius 2 is 1.71 bits per heavy atom. The van der Waals surface area contributed by atoms with Crippen LogP contribution in [0, 0.1) is 0 Å². The summed E-state index contributed by atoms with van der Waals surface area (Å²) in [6.45, 7) is 7.21. The highest BCUT2D eigenvalue weighted by molar-refractivity contribution is 6.28. The second kappa shape index (κ2) is 10.5. The fourth-order valence-electron chi connectivity index (χ4n) is 1.39. The van der Waals surface area contributed by atoms with Crippen LogP contribution in [0.1, 0.15) is 13.8 Å². The largest absolute Gasteiger partial charge is 0.378 e. The Bertz CT molecular complexity index is 407. The maximum Gasteiger partial charge on any atom is 0.228 e. The van der Waals surface area contributed by atoms with E-state index in [-0.39, 0.29) is 11.3 Å². The molecule has 0 saturated carbocycles. The van der Waals surface area contributed by atoms with Crippen molar-refractivity contribution in [3.63, 3.8) is 0 Å².